The maximum absolute atomic E-state index is 5.60. The minimum Gasteiger partial charge on any atom is -0.399 e. The molecule has 0 unspecified atom stereocenters. The van der Waals surface area contributed by atoms with Gasteiger partial charge in [-0.1, -0.05) is 26.0 Å². The Hall–Kier alpha value is -0.690. The number of halogens is 1. The van der Waals surface area contributed by atoms with E-state index in [2.05, 4.69) is 19.9 Å². The fraction of sp³-hybridized carbons (Fsp3) is 0.333. The van der Waals surface area contributed by atoms with Crippen molar-refractivity contribution in [1.82, 2.24) is 0 Å². The van der Waals surface area contributed by atoms with E-state index in [1.165, 1.54) is 5.56 Å². The van der Waals surface area contributed by atoms with E-state index < -0.39 is 0 Å². The quantitative estimate of drug-likeness (QED) is 0.647. The minimum atomic E-state index is 0. The highest BCUT2D eigenvalue weighted by molar-refractivity contribution is 5.85. The average Bonchev–Trinajstić information content (AvgIpc) is 1.88. The van der Waals surface area contributed by atoms with Crippen molar-refractivity contribution >= 4 is 18.1 Å². The van der Waals surface area contributed by atoms with E-state index >= 15 is 0 Å². The maximum atomic E-state index is 5.60. The zero-order valence-corrected chi connectivity index (χ0v) is 7.69. The minimum absolute atomic E-state index is 0. The molecule has 0 atom stereocenters. The third-order valence-corrected chi connectivity index (χ3v) is 1.58. The number of hydrogen-bond donors (Lipinski definition) is 1. The lowest BCUT2D eigenvalue weighted by Gasteiger charge is -2.04. The van der Waals surface area contributed by atoms with Crippen molar-refractivity contribution in [2.24, 2.45) is 0 Å². The van der Waals surface area contributed by atoms with E-state index in [-0.39, 0.29) is 12.4 Å². The molecule has 0 aromatic heterocycles. The van der Waals surface area contributed by atoms with Crippen molar-refractivity contribution in [2.45, 2.75) is 19.8 Å². The first-order chi connectivity index (χ1) is 4.70. The number of rotatable bonds is 1. The SMILES string of the molecule is CC(C)c1cccc(N)c1.Cl. The second-order valence-electron chi connectivity index (χ2n) is 2.82. The van der Waals surface area contributed by atoms with Gasteiger partial charge in [-0.15, -0.1) is 12.4 Å². The van der Waals surface area contributed by atoms with Crippen LogP contribution >= 0.6 is 12.4 Å². The molecule has 0 radical (unpaired) electrons. The molecule has 0 spiro atoms. The van der Waals surface area contributed by atoms with Gasteiger partial charge in [-0.05, 0) is 23.6 Å². The number of hydrogen-bond acceptors (Lipinski definition) is 1. The Morgan fingerprint density at radius 2 is 1.91 bits per heavy atom. The van der Waals surface area contributed by atoms with Crippen LogP contribution in [-0.2, 0) is 0 Å². The van der Waals surface area contributed by atoms with Crippen molar-refractivity contribution in [3.8, 4) is 0 Å². The normalized spacial score (nSPS) is 9.36. The summed E-state index contributed by atoms with van der Waals surface area (Å²) in [5.41, 5.74) is 7.75. The van der Waals surface area contributed by atoms with E-state index in [0.717, 1.165) is 5.69 Å². The maximum Gasteiger partial charge on any atom is 0.0316 e. The summed E-state index contributed by atoms with van der Waals surface area (Å²) in [4.78, 5) is 0. The first-order valence-electron chi connectivity index (χ1n) is 3.55. The van der Waals surface area contributed by atoms with Crippen LogP contribution in [0.15, 0.2) is 24.3 Å². The fourth-order valence-corrected chi connectivity index (χ4v) is 0.918. The molecule has 0 fully saturated rings. The summed E-state index contributed by atoms with van der Waals surface area (Å²) in [6.07, 6.45) is 0. The van der Waals surface area contributed by atoms with Gasteiger partial charge >= 0.3 is 0 Å². The molecule has 0 bridgehead atoms. The molecule has 0 saturated heterocycles. The predicted molar refractivity (Wildman–Crippen MR) is 52.2 cm³/mol. The number of benzene rings is 1. The second kappa shape index (κ2) is 4.24. The molecule has 1 nitrogen and oxygen atoms in total. The van der Waals surface area contributed by atoms with Gasteiger partial charge in [-0.25, -0.2) is 0 Å². The van der Waals surface area contributed by atoms with Gasteiger partial charge in [0.15, 0.2) is 0 Å². The summed E-state index contributed by atoms with van der Waals surface area (Å²) in [5, 5.41) is 0. The Morgan fingerprint density at radius 1 is 1.27 bits per heavy atom. The summed E-state index contributed by atoms with van der Waals surface area (Å²) >= 11 is 0. The van der Waals surface area contributed by atoms with Gasteiger partial charge < -0.3 is 5.73 Å². The molecule has 0 heterocycles. The van der Waals surface area contributed by atoms with Crippen molar-refractivity contribution in [3.05, 3.63) is 29.8 Å². The van der Waals surface area contributed by atoms with Gasteiger partial charge in [0.05, 0.1) is 0 Å². The molecule has 2 heteroatoms. The smallest absolute Gasteiger partial charge is 0.0316 e. The average molecular weight is 172 g/mol. The van der Waals surface area contributed by atoms with Crippen molar-refractivity contribution in [3.63, 3.8) is 0 Å². The van der Waals surface area contributed by atoms with Gasteiger partial charge in [0.25, 0.3) is 0 Å². The third-order valence-electron chi connectivity index (χ3n) is 1.58. The molecule has 62 valence electrons. The van der Waals surface area contributed by atoms with Crippen molar-refractivity contribution in [2.75, 3.05) is 5.73 Å². The second-order valence-corrected chi connectivity index (χ2v) is 2.82. The molecular weight excluding hydrogens is 158 g/mol. The Bertz CT molecular complexity index is 221. The van der Waals surface area contributed by atoms with Gasteiger partial charge in [0, 0.05) is 5.69 Å². The Morgan fingerprint density at radius 3 is 2.27 bits per heavy atom. The third kappa shape index (κ3) is 2.81. The van der Waals surface area contributed by atoms with Crippen LogP contribution in [0.4, 0.5) is 5.69 Å². The predicted octanol–water partition coefficient (Wildman–Crippen LogP) is 2.81. The lowest BCUT2D eigenvalue weighted by molar-refractivity contribution is 0.867. The first kappa shape index (κ1) is 10.3. The van der Waals surface area contributed by atoms with Crippen molar-refractivity contribution in [1.29, 1.82) is 0 Å². The van der Waals surface area contributed by atoms with E-state index in [9.17, 15) is 0 Å². The van der Waals surface area contributed by atoms with Crippen LogP contribution in [0.3, 0.4) is 0 Å². The highest BCUT2D eigenvalue weighted by Gasteiger charge is 1.96. The summed E-state index contributed by atoms with van der Waals surface area (Å²) < 4.78 is 0. The summed E-state index contributed by atoms with van der Waals surface area (Å²) in [7, 11) is 0. The molecule has 0 aliphatic heterocycles. The van der Waals surface area contributed by atoms with Crippen LogP contribution in [0, 0.1) is 0 Å². The Kier molecular flexibility index (Phi) is 3.98. The first-order valence-corrected chi connectivity index (χ1v) is 3.55. The summed E-state index contributed by atoms with van der Waals surface area (Å²) in [5.74, 6) is 0.573. The Labute approximate surface area is 74.0 Å². The molecule has 1 aromatic carbocycles. The zero-order chi connectivity index (χ0) is 7.56. The van der Waals surface area contributed by atoms with Crippen LogP contribution in [-0.4, -0.2) is 0 Å². The van der Waals surface area contributed by atoms with E-state index in [1.54, 1.807) is 0 Å². The monoisotopic (exact) mass is 171 g/mol. The lowest BCUT2D eigenvalue weighted by atomic mass is 10.0. The molecule has 0 aliphatic rings. The number of anilines is 1. The van der Waals surface area contributed by atoms with Gasteiger partial charge in [0.1, 0.15) is 0 Å². The highest BCUT2D eigenvalue weighted by atomic mass is 35.5. The van der Waals surface area contributed by atoms with Crippen LogP contribution in [0.5, 0.6) is 0 Å². The summed E-state index contributed by atoms with van der Waals surface area (Å²) in [6.45, 7) is 4.32. The zero-order valence-electron chi connectivity index (χ0n) is 6.87. The largest absolute Gasteiger partial charge is 0.399 e. The van der Waals surface area contributed by atoms with E-state index in [4.69, 9.17) is 5.73 Å². The standard InChI is InChI=1S/C9H13N.ClH/c1-7(2)8-4-3-5-9(10)6-8;/h3-7H,10H2,1-2H3;1H. The number of nitrogens with two attached hydrogens (primary N) is 1. The topological polar surface area (TPSA) is 26.0 Å². The molecular formula is C9H14ClN. The molecule has 0 amide bonds. The fourth-order valence-electron chi connectivity index (χ4n) is 0.918. The van der Waals surface area contributed by atoms with Gasteiger partial charge in [-0.2, -0.15) is 0 Å². The van der Waals surface area contributed by atoms with Crippen LogP contribution < -0.4 is 5.73 Å². The summed E-state index contributed by atoms with van der Waals surface area (Å²) in [6, 6.07) is 8.02. The molecule has 0 aliphatic carbocycles. The molecule has 1 rings (SSSR count). The molecule has 0 saturated carbocycles. The van der Waals surface area contributed by atoms with Gasteiger partial charge in [-0.3, -0.25) is 0 Å². The van der Waals surface area contributed by atoms with E-state index in [1.807, 2.05) is 18.2 Å². The van der Waals surface area contributed by atoms with Crippen LogP contribution in [0.2, 0.25) is 0 Å². The van der Waals surface area contributed by atoms with Crippen LogP contribution in [0.25, 0.3) is 0 Å². The van der Waals surface area contributed by atoms with E-state index in [0.29, 0.717) is 5.92 Å². The molecule has 1 aromatic rings. The van der Waals surface area contributed by atoms with Crippen LogP contribution in [0.1, 0.15) is 25.3 Å². The van der Waals surface area contributed by atoms with Crippen molar-refractivity contribution < 1.29 is 0 Å². The Balaban J connectivity index is 0.000001000. The molecule has 11 heavy (non-hydrogen) atoms. The molecule has 2 N–H and O–H groups in total. The lowest BCUT2D eigenvalue weighted by Crippen LogP contribution is -1.89. The number of nitrogen functional groups attached to an aromatic ring is 1. The highest BCUT2D eigenvalue weighted by Crippen LogP contribution is 2.15. The van der Waals surface area contributed by atoms with Gasteiger partial charge in [0.2, 0.25) is 0 Å².